The first-order chi connectivity index (χ1) is 8.79. The van der Waals surface area contributed by atoms with Gasteiger partial charge in [0, 0.05) is 30.8 Å². The third-order valence-corrected chi connectivity index (χ3v) is 4.90. The van der Waals surface area contributed by atoms with Crippen LogP contribution in [0.25, 0.3) is 0 Å². The predicted molar refractivity (Wildman–Crippen MR) is 70.2 cm³/mol. The Morgan fingerprint density at radius 1 is 1.33 bits per heavy atom. The van der Waals surface area contributed by atoms with Gasteiger partial charge in [-0.3, -0.25) is 4.90 Å². The number of furan rings is 1. The lowest BCUT2D eigenvalue weighted by atomic mass is 9.78. The van der Waals surface area contributed by atoms with Crippen molar-refractivity contribution >= 4 is 0 Å². The summed E-state index contributed by atoms with van der Waals surface area (Å²) < 4.78 is 5.25. The smallest absolute Gasteiger partial charge is 0.0950 e. The number of hydrogen-bond acceptors (Lipinski definition) is 3. The van der Waals surface area contributed by atoms with Crippen LogP contribution in [0, 0.1) is 11.8 Å². The topological polar surface area (TPSA) is 36.6 Å². The molecule has 0 aromatic carbocycles. The Bertz CT molecular complexity index is 376. The fraction of sp³-hybridized carbons (Fsp3) is 0.733. The monoisotopic (exact) mass is 249 g/mol. The maximum absolute atomic E-state index is 9.42. The lowest BCUT2D eigenvalue weighted by Crippen LogP contribution is -2.51. The minimum atomic E-state index is 0.329. The molecular formula is C15H23NO2. The molecule has 18 heavy (non-hydrogen) atoms. The summed E-state index contributed by atoms with van der Waals surface area (Å²) in [6.45, 7) is 3.75. The molecule has 3 heteroatoms. The van der Waals surface area contributed by atoms with Gasteiger partial charge >= 0.3 is 0 Å². The minimum Gasteiger partial charge on any atom is -0.472 e. The predicted octanol–water partition coefficient (Wildman–Crippen LogP) is 2.82. The van der Waals surface area contributed by atoms with Gasteiger partial charge in [-0.25, -0.2) is 0 Å². The van der Waals surface area contributed by atoms with Crippen LogP contribution in [-0.4, -0.2) is 29.2 Å². The number of fused-ring (bicyclic) bond motifs is 1. The minimum absolute atomic E-state index is 0.329. The van der Waals surface area contributed by atoms with E-state index in [0.29, 0.717) is 24.6 Å². The van der Waals surface area contributed by atoms with Crippen molar-refractivity contribution in [1.29, 1.82) is 0 Å². The standard InChI is InChI=1S/C15H23NO2/c1-11-2-4-15(13-6-7-18-10-13)16-8-12(9-17)3-5-14(11)16/h6-7,10-12,14-15,17H,2-5,8-9H2,1H3. The molecule has 2 fully saturated rings. The molecule has 100 valence electrons. The molecule has 4 unspecified atom stereocenters. The zero-order valence-corrected chi connectivity index (χ0v) is 11.1. The van der Waals surface area contributed by atoms with E-state index in [4.69, 9.17) is 4.42 Å². The van der Waals surface area contributed by atoms with Crippen LogP contribution in [0.3, 0.4) is 0 Å². The summed E-state index contributed by atoms with van der Waals surface area (Å²) in [7, 11) is 0. The molecule has 0 spiro atoms. The average Bonchev–Trinajstić information content (AvgIpc) is 2.92. The van der Waals surface area contributed by atoms with E-state index < -0.39 is 0 Å². The summed E-state index contributed by atoms with van der Waals surface area (Å²) in [6, 6.07) is 3.29. The summed E-state index contributed by atoms with van der Waals surface area (Å²) in [5.41, 5.74) is 1.31. The molecule has 0 radical (unpaired) electrons. The van der Waals surface area contributed by atoms with Crippen LogP contribution in [-0.2, 0) is 0 Å². The lowest BCUT2D eigenvalue weighted by molar-refractivity contribution is -0.0163. The Balaban J connectivity index is 1.82. The Morgan fingerprint density at radius 2 is 2.22 bits per heavy atom. The third kappa shape index (κ3) is 2.10. The third-order valence-electron chi connectivity index (χ3n) is 4.90. The SMILES string of the molecule is CC1CCC(c2ccoc2)N2CC(CO)CCC12. The fourth-order valence-corrected chi connectivity index (χ4v) is 3.82. The molecule has 0 saturated carbocycles. The molecule has 1 aromatic rings. The molecule has 1 N–H and O–H groups in total. The van der Waals surface area contributed by atoms with Crippen LogP contribution in [0.1, 0.15) is 44.2 Å². The summed E-state index contributed by atoms with van der Waals surface area (Å²) in [6.07, 6.45) is 8.60. The van der Waals surface area contributed by atoms with Gasteiger partial charge in [0.05, 0.1) is 12.5 Å². The number of piperidine rings is 2. The van der Waals surface area contributed by atoms with Crippen molar-refractivity contribution in [2.75, 3.05) is 13.2 Å². The summed E-state index contributed by atoms with van der Waals surface area (Å²) in [5, 5.41) is 9.42. The highest BCUT2D eigenvalue weighted by Gasteiger charge is 2.39. The fourth-order valence-electron chi connectivity index (χ4n) is 3.82. The van der Waals surface area contributed by atoms with Crippen molar-refractivity contribution in [2.45, 2.75) is 44.7 Å². The number of hydrogen-bond donors (Lipinski definition) is 1. The first kappa shape index (κ1) is 12.2. The molecular weight excluding hydrogens is 226 g/mol. The van der Waals surface area contributed by atoms with Crippen molar-refractivity contribution in [1.82, 2.24) is 4.90 Å². The number of aliphatic hydroxyl groups is 1. The van der Waals surface area contributed by atoms with Gasteiger partial charge in [-0.1, -0.05) is 6.92 Å². The van der Waals surface area contributed by atoms with Gasteiger partial charge in [0.2, 0.25) is 0 Å². The molecule has 0 bridgehead atoms. The Labute approximate surface area is 109 Å². The summed E-state index contributed by atoms with van der Waals surface area (Å²) in [4.78, 5) is 2.63. The van der Waals surface area contributed by atoms with E-state index >= 15 is 0 Å². The second-order valence-corrected chi connectivity index (χ2v) is 6.02. The highest BCUT2D eigenvalue weighted by atomic mass is 16.3. The lowest BCUT2D eigenvalue weighted by Gasteiger charge is -2.50. The van der Waals surface area contributed by atoms with Crippen molar-refractivity contribution in [3.63, 3.8) is 0 Å². The number of nitrogens with zero attached hydrogens (tertiary/aromatic N) is 1. The van der Waals surface area contributed by atoms with E-state index in [1.165, 1.54) is 31.2 Å². The Morgan fingerprint density at radius 3 is 2.94 bits per heavy atom. The average molecular weight is 249 g/mol. The van der Waals surface area contributed by atoms with E-state index in [2.05, 4.69) is 17.9 Å². The van der Waals surface area contributed by atoms with Crippen molar-refractivity contribution in [3.8, 4) is 0 Å². The van der Waals surface area contributed by atoms with Crippen LogP contribution < -0.4 is 0 Å². The van der Waals surface area contributed by atoms with Crippen LogP contribution in [0.15, 0.2) is 23.0 Å². The van der Waals surface area contributed by atoms with Crippen LogP contribution in [0.4, 0.5) is 0 Å². The van der Waals surface area contributed by atoms with Crippen molar-refractivity contribution in [3.05, 3.63) is 24.2 Å². The van der Waals surface area contributed by atoms with E-state index in [0.717, 1.165) is 12.5 Å². The zero-order chi connectivity index (χ0) is 12.5. The largest absolute Gasteiger partial charge is 0.472 e. The normalized spacial score (nSPS) is 37.4. The van der Waals surface area contributed by atoms with Gasteiger partial charge in [0.25, 0.3) is 0 Å². The van der Waals surface area contributed by atoms with Gasteiger partial charge in [-0.15, -0.1) is 0 Å². The summed E-state index contributed by atoms with van der Waals surface area (Å²) in [5.74, 6) is 1.24. The molecule has 2 saturated heterocycles. The Hall–Kier alpha value is -0.800. The van der Waals surface area contributed by atoms with E-state index in [1.54, 1.807) is 6.26 Å². The van der Waals surface area contributed by atoms with Gasteiger partial charge in [0.15, 0.2) is 0 Å². The van der Waals surface area contributed by atoms with Gasteiger partial charge < -0.3 is 9.52 Å². The number of aliphatic hydroxyl groups excluding tert-OH is 1. The van der Waals surface area contributed by atoms with Gasteiger partial charge in [0.1, 0.15) is 0 Å². The zero-order valence-electron chi connectivity index (χ0n) is 11.1. The van der Waals surface area contributed by atoms with E-state index in [9.17, 15) is 5.11 Å². The maximum Gasteiger partial charge on any atom is 0.0950 e. The van der Waals surface area contributed by atoms with Crippen LogP contribution >= 0.6 is 0 Å². The molecule has 2 aliphatic rings. The molecule has 0 aliphatic carbocycles. The van der Waals surface area contributed by atoms with Gasteiger partial charge in [-0.2, -0.15) is 0 Å². The first-order valence-electron chi connectivity index (χ1n) is 7.18. The van der Waals surface area contributed by atoms with E-state index in [1.807, 2.05) is 6.26 Å². The number of rotatable bonds is 2. The summed E-state index contributed by atoms with van der Waals surface area (Å²) >= 11 is 0. The molecule has 3 rings (SSSR count). The molecule has 4 atom stereocenters. The first-order valence-corrected chi connectivity index (χ1v) is 7.18. The molecule has 3 heterocycles. The highest BCUT2D eigenvalue weighted by Crippen LogP contribution is 2.42. The maximum atomic E-state index is 9.42. The van der Waals surface area contributed by atoms with Crippen LogP contribution in [0.2, 0.25) is 0 Å². The molecule has 2 aliphatic heterocycles. The molecule has 3 nitrogen and oxygen atoms in total. The van der Waals surface area contributed by atoms with Gasteiger partial charge in [-0.05, 0) is 43.6 Å². The van der Waals surface area contributed by atoms with Crippen LogP contribution in [0.5, 0.6) is 0 Å². The van der Waals surface area contributed by atoms with Crippen molar-refractivity contribution < 1.29 is 9.52 Å². The highest BCUT2D eigenvalue weighted by molar-refractivity contribution is 5.14. The second-order valence-electron chi connectivity index (χ2n) is 6.02. The molecule has 1 aromatic heterocycles. The Kier molecular flexibility index (Phi) is 3.44. The van der Waals surface area contributed by atoms with Crippen molar-refractivity contribution in [2.24, 2.45) is 11.8 Å². The molecule has 0 amide bonds. The van der Waals surface area contributed by atoms with E-state index in [-0.39, 0.29) is 0 Å². The second kappa shape index (κ2) is 5.06. The quantitative estimate of drug-likeness (QED) is 0.875.